The number of ether oxygens (including phenoxy) is 1. The molecule has 2 aromatic rings. The van der Waals surface area contributed by atoms with E-state index >= 15 is 0 Å². The van der Waals surface area contributed by atoms with Crippen molar-refractivity contribution in [2.24, 2.45) is 5.92 Å². The fourth-order valence-electron chi connectivity index (χ4n) is 3.29. The van der Waals surface area contributed by atoms with Crippen LogP contribution in [0.3, 0.4) is 0 Å². The number of piperidine rings is 1. The molecule has 0 saturated carbocycles. The molecule has 3 rings (SSSR count). The van der Waals surface area contributed by atoms with Crippen molar-refractivity contribution in [3.63, 3.8) is 0 Å². The normalized spacial score (nSPS) is 21.0. The summed E-state index contributed by atoms with van der Waals surface area (Å²) < 4.78 is 6.04. The number of benzene rings is 2. The third kappa shape index (κ3) is 4.43. The van der Waals surface area contributed by atoms with Crippen molar-refractivity contribution < 1.29 is 4.74 Å². The second-order valence-corrected chi connectivity index (χ2v) is 7.06. The van der Waals surface area contributed by atoms with E-state index in [0.29, 0.717) is 18.6 Å². The summed E-state index contributed by atoms with van der Waals surface area (Å²) >= 11 is 5.67. The molecule has 1 heterocycles. The minimum Gasteiger partial charge on any atom is -0.375 e. The Morgan fingerprint density at radius 2 is 1.62 bits per heavy atom. The molecule has 0 aromatic heterocycles. The van der Waals surface area contributed by atoms with E-state index in [1.807, 2.05) is 6.07 Å². The van der Waals surface area contributed by atoms with E-state index in [2.05, 4.69) is 66.4 Å². The van der Waals surface area contributed by atoms with Crippen LogP contribution in [0.4, 0.5) is 0 Å². The Kier molecular flexibility index (Phi) is 6.00. The van der Waals surface area contributed by atoms with Crippen LogP contribution in [0.5, 0.6) is 0 Å². The Bertz CT molecular complexity index is 643. The van der Waals surface area contributed by atoms with Crippen molar-refractivity contribution in [3.8, 4) is 0 Å². The second kappa shape index (κ2) is 8.41. The maximum absolute atomic E-state index is 6.04. The Morgan fingerprint density at radius 3 is 2.29 bits per heavy atom. The molecule has 1 fully saturated rings. The molecule has 24 heavy (non-hydrogen) atoms. The van der Waals surface area contributed by atoms with Gasteiger partial charge in [0.1, 0.15) is 0 Å². The quantitative estimate of drug-likeness (QED) is 0.699. The van der Waals surface area contributed by atoms with Crippen molar-refractivity contribution >= 4 is 17.2 Å². The number of hydrogen-bond acceptors (Lipinski definition) is 2. The smallest absolute Gasteiger partial charge is 0.0785 e. The standard InChI is InChI=1S/C21H25NOS/c1-17-12-13-21(24)22(14-18-8-4-2-5-9-18)20(17)16-23-15-19-10-6-3-7-11-19/h2-11,17,20H,12-16H2,1H3. The van der Waals surface area contributed by atoms with Crippen LogP contribution in [0.1, 0.15) is 30.9 Å². The van der Waals surface area contributed by atoms with Crippen molar-refractivity contribution in [3.05, 3.63) is 71.8 Å². The Hall–Kier alpha value is -1.71. The molecule has 2 aromatic carbocycles. The first-order chi connectivity index (χ1) is 11.7. The zero-order chi connectivity index (χ0) is 16.8. The first-order valence-electron chi connectivity index (χ1n) is 8.69. The van der Waals surface area contributed by atoms with Crippen LogP contribution in [0.2, 0.25) is 0 Å². The van der Waals surface area contributed by atoms with E-state index in [1.165, 1.54) is 11.1 Å². The molecule has 0 aliphatic carbocycles. The SMILES string of the molecule is CC1CCC(=S)N(Cc2ccccc2)C1COCc1ccccc1. The molecule has 1 saturated heterocycles. The predicted molar refractivity (Wildman–Crippen MR) is 103 cm³/mol. The Balaban J connectivity index is 1.63. The van der Waals surface area contributed by atoms with Gasteiger partial charge in [-0.3, -0.25) is 0 Å². The van der Waals surface area contributed by atoms with Crippen molar-refractivity contribution in [1.29, 1.82) is 0 Å². The molecule has 2 nitrogen and oxygen atoms in total. The summed E-state index contributed by atoms with van der Waals surface area (Å²) in [6.45, 7) is 4.58. The summed E-state index contributed by atoms with van der Waals surface area (Å²) in [4.78, 5) is 3.45. The van der Waals surface area contributed by atoms with Gasteiger partial charge in [0.05, 0.1) is 24.2 Å². The van der Waals surface area contributed by atoms with Crippen LogP contribution in [0.25, 0.3) is 0 Å². The molecule has 126 valence electrons. The van der Waals surface area contributed by atoms with E-state index in [9.17, 15) is 0 Å². The van der Waals surface area contributed by atoms with Crippen LogP contribution >= 0.6 is 12.2 Å². The maximum atomic E-state index is 6.04. The van der Waals surface area contributed by atoms with E-state index in [4.69, 9.17) is 17.0 Å². The molecule has 0 amide bonds. The molecule has 0 radical (unpaired) electrons. The summed E-state index contributed by atoms with van der Waals surface area (Å²) in [6, 6.07) is 21.3. The lowest BCUT2D eigenvalue weighted by Crippen LogP contribution is -2.49. The molecule has 0 spiro atoms. The van der Waals surface area contributed by atoms with Gasteiger partial charge in [0.2, 0.25) is 0 Å². The minimum atomic E-state index is 0.357. The van der Waals surface area contributed by atoms with Gasteiger partial charge in [-0.05, 0) is 29.9 Å². The molecule has 1 aliphatic heterocycles. The van der Waals surface area contributed by atoms with Crippen LogP contribution in [-0.2, 0) is 17.9 Å². The van der Waals surface area contributed by atoms with Gasteiger partial charge in [0, 0.05) is 6.54 Å². The number of likely N-dealkylation sites (tertiary alicyclic amines) is 1. The minimum absolute atomic E-state index is 0.357. The van der Waals surface area contributed by atoms with E-state index < -0.39 is 0 Å². The Morgan fingerprint density at radius 1 is 1.00 bits per heavy atom. The summed E-state index contributed by atoms with van der Waals surface area (Å²) in [5.41, 5.74) is 2.53. The van der Waals surface area contributed by atoms with E-state index in [-0.39, 0.29) is 0 Å². The van der Waals surface area contributed by atoms with Crippen molar-refractivity contribution in [1.82, 2.24) is 4.90 Å². The maximum Gasteiger partial charge on any atom is 0.0785 e. The lowest BCUT2D eigenvalue weighted by atomic mass is 9.90. The summed E-state index contributed by atoms with van der Waals surface area (Å²) in [6.07, 6.45) is 2.17. The van der Waals surface area contributed by atoms with Crippen molar-refractivity contribution in [2.45, 2.75) is 39.0 Å². The lowest BCUT2D eigenvalue weighted by Gasteiger charge is -2.41. The van der Waals surface area contributed by atoms with Crippen molar-refractivity contribution in [2.75, 3.05) is 6.61 Å². The average molecular weight is 340 g/mol. The fourth-order valence-corrected chi connectivity index (χ4v) is 3.61. The number of thiocarbonyl (C=S) groups is 1. The fraction of sp³-hybridized carbons (Fsp3) is 0.381. The highest BCUT2D eigenvalue weighted by Gasteiger charge is 2.31. The third-order valence-corrected chi connectivity index (χ3v) is 5.23. The third-order valence-electron chi connectivity index (χ3n) is 4.79. The van der Waals surface area contributed by atoms with Gasteiger partial charge in [-0.1, -0.05) is 79.8 Å². The molecular formula is C21H25NOS. The summed E-state index contributed by atoms with van der Waals surface area (Å²) in [5.74, 6) is 0.594. The van der Waals surface area contributed by atoms with Gasteiger partial charge in [-0.25, -0.2) is 0 Å². The molecule has 3 heteroatoms. The summed E-state index contributed by atoms with van der Waals surface area (Å²) in [5, 5.41) is 0. The van der Waals surface area contributed by atoms with Crippen LogP contribution in [0, 0.1) is 5.92 Å². The highest BCUT2D eigenvalue weighted by atomic mass is 32.1. The predicted octanol–water partition coefficient (Wildman–Crippen LogP) is 4.83. The highest BCUT2D eigenvalue weighted by molar-refractivity contribution is 7.80. The first kappa shape index (κ1) is 17.1. The van der Waals surface area contributed by atoms with Gasteiger partial charge in [-0.15, -0.1) is 0 Å². The van der Waals surface area contributed by atoms with Gasteiger partial charge < -0.3 is 9.64 Å². The zero-order valence-electron chi connectivity index (χ0n) is 14.2. The van der Waals surface area contributed by atoms with Crippen LogP contribution in [-0.4, -0.2) is 22.5 Å². The largest absolute Gasteiger partial charge is 0.375 e. The molecule has 1 aliphatic rings. The monoisotopic (exact) mass is 339 g/mol. The molecule has 0 bridgehead atoms. The van der Waals surface area contributed by atoms with Gasteiger partial charge in [0.15, 0.2) is 0 Å². The first-order valence-corrected chi connectivity index (χ1v) is 9.10. The second-order valence-electron chi connectivity index (χ2n) is 6.59. The number of hydrogen-bond donors (Lipinski definition) is 0. The number of nitrogens with zero attached hydrogens (tertiary/aromatic N) is 1. The molecular weight excluding hydrogens is 314 g/mol. The molecule has 2 unspecified atom stereocenters. The van der Waals surface area contributed by atoms with Gasteiger partial charge in [0.25, 0.3) is 0 Å². The van der Waals surface area contributed by atoms with Crippen LogP contribution in [0.15, 0.2) is 60.7 Å². The van der Waals surface area contributed by atoms with Crippen LogP contribution < -0.4 is 0 Å². The lowest BCUT2D eigenvalue weighted by molar-refractivity contribution is 0.0437. The molecule has 2 atom stereocenters. The summed E-state index contributed by atoms with van der Waals surface area (Å²) in [7, 11) is 0. The van der Waals surface area contributed by atoms with Gasteiger partial charge in [-0.2, -0.15) is 0 Å². The topological polar surface area (TPSA) is 12.5 Å². The highest BCUT2D eigenvalue weighted by Crippen LogP contribution is 2.27. The number of rotatable bonds is 6. The molecule has 0 N–H and O–H groups in total. The van der Waals surface area contributed by atoms with Gasteiger partial charge >= 0.3 is 0 Å². The zero-order valence-corrected chi connectivity index (χ0v) is 15.0. The van der Waals surface area contributed by atoms with E-state index in [1.54, 1.807) is 0 Å². The Labute approximate surface area is 150 Å². The average Bonchev–Trinajstić information content (AvgIpc) is 2.62. The van der Waals surface area contributed by atoms with E-state index in [0.717, 1.165) is 31.0 Å².